The Morgan fingerprint density at radius 1 is 0.875 bits per heavy atom. The maximum absolute atomic E-state index is 2.48. The maximum atomic E-state index is 2.48. The third kappa shape index (κ3) is 3.42. The Morgan fingerprint density at radius 2 is 1.46 bits per heavy atom. The molecule has 0 radical (unpaired) electrons. The summed E-state index contributed by atoms with van der Waals surface area (Å²) < 4.78 is 2.51. The average molecular weight is 441 g/mol. The fourth-order valence-corrected chi connectivity index (χ4v) is 8.32. The van der Waals surface area contributed by atoms with Crippen LogP contribution in [0.2, 0.25) is 0 Å². The first-order valence-corrected chi connectivity index (χ1v) is 10.8. The zero-order chi connectivity index (χ0) is 16.2. The van der Waals surface area contributed by atoms with Gasteiger partial charge in [0.05, 0.1) is 0 Å². The van der Waals surface area contributed by atoms with Crippen molar-refractivity contribution in [2.75, 3.05) is 0 Å². The molecule has 0 bridgehead atoms. The van der Waals surface area contributed by atoms with E-state index in [0.29, 0.717) is 3.63 Å². The summed E-state index contributed by atoms with van der Waals surface area (Å²) in [6.45, 7) is 16.3. The van der Waals surface area contributed by atoms with Crippen molar-refractivity contribution in [1.82, 2.24) is 0 Å². The van der Waals surface area contributed by atoms with Gasteiger partial charge in [0, 0.05) is 0 Å². The summed E-state index contributed by atoms with van der Waals surface area (Å²) in [5, 5.41) is 0. The summed E-state index contributed by atoms with van der Waals surface area (Å²) >= 11 is -0.670. The number of benzene rings is 1. The Hall–Kier alpha value is -0.0969. The summed E-state index contributed by atoms with van der Waals surface area (Å²) in [6, 6.07) is 4.82. The Kier molecular flexibility index (Phi) is 6.99. The van der Waals surface area contributed by atoms with Crippen molar-refractivity contribution in [3.63, 3.8) is 0 Å². The molecular formula is C21H26Cl2Zr. The van der Waals surface area contributed by atoms with Crippen LogP contribution in [0.1, 0.15) is 60.5 Å². The topological polar surface area (TPSA) is 0 Å². The van der Waals surface area contributed by atoms with E-state index in [0.717, 1.165) is 0 Å². The number of rotatable bonds is 2. The molecular weight excluding hydrogens is 414 g/mol. The van der Waals surface area contributed by atoms with Gasteiger partial charge >= 0.3 is 147 Å². The second-order valence-corrected chi connectivity index (χ2v) is 10.9. The van der Waals surface area contributed by atoms with Crippen molar-refractivity contribution in [2.24, 2.45) is 5.41 Å². The smallest absolute Gasteiger partial charge is 1.00 e. The molecule has 3 rings (SSSR count). The van der Waals surface area contributed by atoms with E-state index in [1.165, 1.54) is 16.7 Å². The van der Waals surface area contributed by atoms with Crippen LogP contribution in [0.4, 0.5) is 0 Å². The summed E-state index contributed by atoms with van der Waals surface area (Å²) in [5.41, 5.74) is 10.9. The molecule has 2 aliphatic rings. The number of fused-ring (bicyclic) bond motifs is 1. The summed E-state index contributed by atoms with van der Waals surface area (Å²) in [7, 11) is 0. The standard InChI is InChI=1S/C11H11.C10H15.2ClH.Zr/c1-8-6-10-4-3-5-11(10)7-9(8)2;1-7-6-10(4,5)9(3)8(7)2;;;/h3-7H,1-2H3;1-5H3;2*1H;/q;;;;+2/p-2. The molecule has 0 saturated heterocycles. The van der Waals surface area contributed by atoms with Crippen LogP contribution in [0.15, 0.2) is 38.2 Å². The van der Waals surface area contributed by atoms with Crippen LogP contribution in [-0.4, -0.2) is 0 Å². The predicted octanol–water partition coefficient (Wildman–Crippen LogP) is 0.112. The van der Waals surface area contributed by atoms with Gasteiger partial charge in [-0.2, -0.15) is 0 Å². The summed E-state index contributed by atoms with van der Waals surface area (Å²) in [5.74, 6) is 0. The number of allylic oxidation sites excluding steroid dienone is 5. The molecule has 0 fully saturated rings. The number of hydrogen-bond donors (Lipinski definition) is 0. The van der Waals surface area contributed by atoms with Gasteiger partial charge in [-0.1, -0.05) is 0 Å². The molecule has 128 valence electrons. The predicted molar refractivity (Wildman–Crippen MR) is 92.5 cm³/mol. The van der Waals surface area contributed by atoms with Crippen molar-refractivity contribution >= 4 is 6.08 Å². The van der Waals surface area contributed by atoms with Gasteiger partial charge in [-0.05, 0) is 0 Å². The van der Waals surface area contributed by atoms with Crippen LogP contribution < -0.4 is 24.8 Å². The zero-order valence-corrected chi connectivity index (χ0v) is 19.6. The number of aryl methyl sites for hydroxylation is 2. The van der Waals surface area contributed by atoms with Gasteiger partial charge in [-0.25, -0.2) is 0 Å². The quantitative estimate of drug-likeness (QED) is 0.613. The molecule has 1 atom stereocenters. The van der Waals surface area contributed by atoms with E-state index >= 15 is 0 Å². The van der Waals surface area contributed by atoms with Crippen LogP contribution in [-0.2, 0) is 23.2 Å². The van der Waals surface area contributed by atoms with Gasteiger partial charge in [-0.3, -0.25) is 0 Å². The van der Waals surface area contributed by atoms with Gasteiger partial charge in [0.2, 0.25) is 0 Å². The van der Waals surface area contributed by atoms with Gasteiger partial charge < -0.3 is 24.8 Å². The summed E-state index contributed by atoms with van der Waals surface area (Å²) in [4.78, 5) is 0. The Bertz CT molecular complexity index is 751. The molecule has 0 aliphatic heterocycles. The Labute approximate surface area is 171 Å². The van der Waals surface area contributed by atoms with E-state index in [2.05, 4.69) is 72.8 Å². The molecule has 1 unspecified atom stereocenters. The molecule has 24 heavy (non-hydrogen) atoms. The Morgan fingerprint density at radius 3 is 2.00 bits per heavy atom. The van der Waals surface area contributed by atoms with E-state index in [1.807, 2.05) is 0 Å². The third-order valence-corrected chi connectivity index (χ3v) is 11.0. The average Bonchev–Trinajstić information content (AvgIpc) is 2.89. The minimum atomic E-state index is -0.670. The fraction of sp³-hybridized carbons (Fsp3) is 0.429. The second-order valence-electron chi connectivity index (χ2n) is 7.42. The van der Waals surface area contributed by atoms with Crippen LogP contribution in [0.25, 0.3) is 6.08 Å². The van der Waals surface area contributed by atoms with Gasteiger partial charge in [0.15, 0.2) is 0 Å². The van der Waals surface area contributed by atoms with E-state index in [4.69, 9.17) is 0 Å². The van der Waals surface area contributed by atoms with E-state index in [1.54, 1.807) is 25.6 Å². The van der Waals surface area contributed by atoms with Crippen LogP contribution in [0, 0.1) is 19.3 Å². The van der Waals surface area contributed by atoms with Crippen LogP contribution >= 0.6 is 0 Å². The molecule has 0 N–H and O–H groups in total. The van der Waals surface area contributed by atoms with E-state index < -0.39 is 23.2 Å². The van der Waals surface area contributed by atoms with Crippen LogP contribution in [0.3, 0.4) is 0 Å². The molecule has 3 heteroatoms. The van der Waals surface area contributed by atoms with Gasteiger partial charge in [0.1, 0.15) is 0 Å². The first kappa shape index (κ1) is 21.9. The largest absolute Gasteiger partial charge is 1.00 e. The molecule has 1 aromatic carbocycles. The molecule has 0 aromatic heterocycles. The van der Waals surface area contributed by atoms with Crippen molar-refractivity contribution in [1.29, 1.82) is 0 Å². The maximum Gasteiger partial charge on any atom is -1.00 e. The van der Waals surface area contributed by atoms with Crippen molar-refractivity contribution in [3.05, 3.63) is 60.5 Å². The molecule has 0 saturated carbocycles. The number of halogens is 2. The fourth-order valence-electron chi connectivity index (χ4n) is 3.74. The SMILES string of the molecule is CC1=C(C)C(C)(C)[C]([Zr+2][CH]2C=Cc3cc(C)c(C)cc32)=C1C.[Cl-].[Cl-]. The molecule has 0 spiro atoms. The van der Waals surface area contributed by atoms with Gasteiger partial charge in [-0.15, -0.1) is 0 Å². The van der Waals surface area contributed by atoms with Crippen molar-refractivity contribution in [2.45, 2.75) is 52.1 Å². The first-order chi connectivity index (χ1) is 10.2. The minimum absolute atomic E-state index is 0. The van der Waals surface area contributed by atoms with Crippen LogP contribution in [0.5, 0.6) is 0 Å². The zero-order valence-electron chi connectivity index (χ0n) is 15.6. The molecule has 0 amide bonds. The Balaban J connectivity index is 0.00000144. The molecule has 1 aromatic rings. The van der Waals surface area contributed by atoms with E-state index in [-0.39, 0.29) is 30.2 Å². The summed E-state index contributed by atoms with van der Waals surface area (Å²) in [6.07, 6.45) is 4.84. The molecule has 2 aliphatic carbocycles. The van der Waals surface area contributed by atoms with E-state index in [9.17, 15) is 0 Å². The number of hydrogen-bond acceptors (Lipinski definition) is 0. The van der Waals surface area contributed by atoms with Crippen molar-refractivity contribution < 1.29 is 48.0 Å². The first-order valence-electron chi connectivity index (χ1n) is 8.19. The third-order valence-electron chi connectivity index (χ3n) is 5.86. The monoisotopic (exact) mass is 438 g/mol. The minimum Gasteiger partial charge on any atom is -1.00 e. The van der Waals surface area contributed by atoms with Gasteiger partial charge in [0.25, 0.3) is 0 Å². The van der Waals surface area contributed by atoms with Crippen molar-refractivity contribution in [3.8, 4) is 0 Å². The normalized spacial score (nSPS) is 20.5. The molecule has 0 nitrogen and oxygen atoms in total. The molecule has 0 heterocycles. The second kappa shape index (κ2) is 7.65.